The fourth-order valence-corrected chi connectivity index (χ4v) is 3.88. The van der Waals surface area contributed by atoms with Crippen molar-refractivity contribution in [2.75, 3.05) is 13.0 Å². The second-order valence-electron chi connectivity index (χ2n) is 7.26. The van der Waals surface area contributed by atoms with Crippen molar-refractivity contribution in [1.29, 1.82) is 5.26 Å². The minimum atomic E-state index is 0.648. The molecule has 1 aromatic heterocycles. The number of nitrogens with two attached hydrogens (primary N) is 1. The van der Waals surface area contributed by atoms with Crippen LogP contribution in [0.25, 0.3) is 17.2 Å². The predicted molar refractivity (Wildman–Crippen MR) is 118 cm³/mol. The van der Waals surface area contributed by atoms with E-state index in [1.54, 1.807) is 11.8 Å². The Labute approximate surface area is 171 Å². The van der Waals surface area contributed by atoms with E-state index < -0.39 is 0 Å². The maximum absolute atomic E-state index is 9.18. The van der Waals surface area contributed by atoms with Crippen molar-refractivity contribution in [3.63, 3.8) is 0 Å². The van der Waals surface area contributed by atoms with Gasteiger partial charge in [-0.1, -0.05) is 29.8 Å². The first-order chi connectivity index (χ1) is 14.1. The number of ether oxygens (including phenoxy) is 1. The van der Waals surface area contributed by atoms with Crippen LogP contribution in [-0.2, 0) is 6.42 Å². The summed E-state index contributed by atoms with van der Waals surface area (Å²) in [5, 5.41) is 9.18. The Morgan fingerprint density at radius 2 is 1.66 bits per heavy atom. The molecule has 0 radical (unpaired) electrons. The molecule has 1 heterocycles. The average molecular weight is 381 g/mol. The Morgan fingerprint density at radius 1 is 0.966 bits per heavy atom. The molecule has 0 bridgehead atoms. The summed E-state index contributed by atoms with van der Waals surface area (Å²) in [4.78, 5) is 0. The molecule has 0 atom stereocenters. The quantitative estimate of drug-likeness (QED) is 0.646. The topological polar surface area (TPSA) is 64.0 Å². The molecule has 0 aliphatic heterocycles. The van der Waals surface area contributed by atoms with E-state index in [0.29, 0.717) is 5.56 Å². The number of nitrogen functional groups attached to an aromatic ring is 1. The summed E-state index contributed by atoms with van der Waals surface area (Å²) < 4.78 is 7.02. The number of nitrogens with zero attached hydrogens (tertiary/aromatic N) is 2. The molecule has 0 fully saturated rings. The highest BCUT2D eigenvalue weighted by molar-refractivity contribution is 6.12. The Morgan fingerprint density at radius 3 is 2.31 bits per heavy atom. The van der Waals surface area contributed by atoms with Gasteiger partial charge in [0.1, 0.15) is 5.75 Å². The molecule has 0 saturated carbocycles. The molecule has 1 aliphatic rings. The normalized spacial score (nSPS) is 18.0. The van der Waals surface area contributed by atoms with E-state index in [1.807, 2.05) is 42.6 Å². The lowest BCUT2D eigenvalue weighted by Gasteiger charge is -2.21. The average Bonchev–Trinajstić information content (AvgIpc) is 3.09. The van der Waals surface area contributed by atoms with E-state index >= 15 is 0 Å². The molecule has 0 unspecified atom stereocenters. The third-order valence-corrected chi connectivity index (χ3v) is 5.49. The van der Waals surface area contributed by atoms with Gasteiger partial charge in [0, 0.05) is 6.20 Å². The molecule has 1 aliphatic carbocycles. The monoisotopic (exact) mass is 381 g/mol. The van der Waals surface area contributed by atoms with Crippen molar-refractivity contribution in [2.24, 2.45) is 0 Å². The van der Waals surface area contributed by atoms with Gasteiger partial charge in [-0.25, -0.2) is 0 Å². The van der Waals surface area contributed by atoms with Crippen LogP contribution in [0.2, 0.25) is 0 Å². The Kier molecular flexibility index (Phi) is 4.97. The van der Waals surface area contributed by atoms with Crippen LogP contribution in [-0.4, -0.2) is 11.8 Å². The van der Waals surface area contributed by atoms with Gasteiger partial charge in [0.05, 0.1) is 24.4 Å². The minimum Gasteiger partial charge on any atom is -0.497 e. The van der Waals surface area contributed by atoms with E-state index in [-0.39, 0.29) is 0 Å². The number of rotatable bonds is 3. The first-order valence-electron chi connectivity index (χ1n) is 9.63. The number of fused-ring (bicyclic) bond motifs is 1. The smallest absolute Gasteiger partial charge is 0.118 e. The Bertz CT molecular complexity index is 1140. The highest BCUT2D eigenvalue weighted by atomic mass is 16.5. The highest BCUT2D eigenvalue weighted by Gasteiger charge is 2.19. The predicted octanol–water partition coefficient (Wildman–Crippen LogP) is 5.04. The third kappa shape index (κ3) is 3.55. The Hall–Kier alpha value is -3.71. The molecule has 29 heavy (non-hydrogen) atoms. The molecule has 4 nitrogen and oxygen atoms in total. The number of allylic oxidation sites excluding steroid dienone is 3. The molecule has 0 saturated heterocycles. The molecule has 144 valence electrons. The van der Waals surface area contributed by atoms with E-state index in [9.17, 15) is 5.26 Å². The largest absolute Gasteiger partial charge is 0.497 e. The van der Waals surface area contributed by atoms with Crippen molar-refractivity contribution < 1.29 is 4.74 Å². The number of aromatic nitrogens is 1. The second kappa shape index (κ2) is 7.73. The number of aryl methyl sites for hydroxylation is 1. The van der Waals surface area contributed by atoms with Gasteiger partial charge in [0.15, 0.2) is 0 Å². The number of hydrogen-bond donors (Lipinski definition) is 1. The zero-order chi connectivity index (χ0) is 20.4. The number of nitriles is 1. The standard InChI is InChI=1S/C25H23N3O/c1-17-3-6-20-13-14-28(27)24(20)15-23(19-7-4-18(16-26)5-8-19)25(17)21-9-11-22(29-2)12-10-21/h4-5,7-15H,3,6,27H2,1-2H3/b23-15-,25-17-. The lowest BCUT2D eigenvalue weighted by Crippen LogP contribution is -2.10. The molecule has 4 rings (SSSR count). The van der Waals surface area contributed by atoms with Crippen LogP contribution in [0, 0.1) is 11.3 Å². The highest BCUT2D eigenvalue weighted by Crippen LogP contribution is 2.39. The molecule has 0 amide bonds. The van der Waals surface area contributed by atoms with Gasteiger partial charge in [0.25, 0.3) is 0 Å². The van der Waals surface area contributed by atoms with Gasteiger partial charge in [-0.15, -0.1) is 0 Å². The molecule has 2 N–H and O–H groups in total. The first-order valence-corrected chi connectivity index (χ1v) is 9.63. The van der Waals surface area contributed by atoms with Crippen molar-refractivity contribution in [3.8, 4) is 11.8 Å². The zero-order valence-electron chi connectivity index (χ0n) is 16.6. The van der Waals surface area contributed by atoms with E-state index in [0.717, 1.165) is 41.0 Å². The van der Waals surface area contributed by atoms with Gasteiger partial charge < -0.3 is 10.6 Å². The van der Waals surface area contributed by atoms with E-state index in [2.05, 4.69) is 37.3 Å². The van der Waals surface area contributed by atoms with E-state index in [1.165, 1.54) is 16.7 Å². The molecular formula is C25H23N3O. The van der Waals surface area contributed by atoms with Crippen LogP contribution < -0.4 is 10.6 Å². The number of hydrogen-bond acceptors (Lipinski definition) is 3. The SMILES string of the molecule is COc1ccc(C2=C(\C)CCc3ccn(N)c3/C=C\2c2ccc(C#N)cc2)cc1. The summed E-state index contributed by atoms with van der Waals surface area (Å²) in [6, 6.07) is 20.2. The second-order valence-corrected chi connectivity index (χ2v) is 7.26. The summed E-state index contributed by atoms with van der Waals surface area (Å²) in [5.41, 5.74) is 8.72. The molecule has 2 aromatic carbocycles. The van der Waals surface area contributed by atoms with Crippen molar-refractivity contribution in [2.45, 2.75) is 19.8 Å². The maximum Gasteiger partial charge on any atom is 0.118 e. The van der Waals surface area contributed by atoms with Crippen LogP contribution in [0.4, 0.5) is 0 Å². The lowest BCUT2D eigenvalue weighted by molar-refractivity contribution is 0.415. The summed E-state index contributed by atoms with van der Waals surface area (Å²) in [7, 11) is 1.67. The van der Waals surface area contributed by atoms with Gasteiger partial charge >= 0.3 is 0 Å². The van der Waals surface area contributed by atoms with Crippen LogP contribution in [0.3, 0.4) is 0 Å². The van der Waals surface area contributed by atoms with Crippen molar-refractivity contribution in [3.05, 3.63) is 94.3 Å². The summed E-state index contributed by atoms with van der Waals surface area (Å²) in [6.07, 6.45) is 5.97. The minimum absolute atomic E-state index is 0.648. The van der Waals surface area contributed by atoms with Crippen LogP contribution in [0.1, 0.15) is 41.3 Å². The van der Waals surface area contributed by atoms with Crippen LogP contribution >= 0.6 is 0 Å². The fourth-order valence-electron chi connectivity index (χ4n) is 3.88. The van der Waals surface area contributed by atoms with Crippen molar-refractivity contribution in [1.82, 2.24) is 4.68 Å². The summed E-state index contributed by atoms with van der Waals surface area (Å²) in [5.74, 6) is 7.05. The summed E-state index contributed by atoms with van der Waals surface area (Å²) in [6.45, 7) is 2.20. The van der Waals surface area contributed by atoms with Gasteiger partial charge in [0.2, 0.25) is 0 Å². The Balaban J connectivity index is 1.94. The van der Waals surface area contributed by atoms with E-state index in [4.69, 9.17) is 10.6 Å². The molecular weight excluding hydrogens is 358 g/mol. The van der Waals surface area contributed by atoms with Gasteiger partial charge in [-0.3, -0.25) is 4.68 Å². The zero-order valence-corrected chi connectivity index (χ0v) is 16.6. The molecule has 3 aromatic rings. The molecule has 4 heteroatoms. The first kappa shape index (κ1) is 18.6. The third-order valence-electron chi connectivity index (χ3n) is 5.49. The molecule has 0 spiro atoms. The fraction of sp³-hybridized carbons (Fsp3) is 0.160. The summed E-state index contributed by atoms with van der Waals surface area (Å²) >= 11 is 0. The van der Waals surface area contributed by atoms with Gasteiger partial charge in [-0.2, -0.15) is 5.26 Å². The van der Waals surface area contributed by atoms with Crippen LogP contribution in [0.15, 0.2) is 66.4 Å². The lowest BCUT2D eigenvalue weighted by atomic mass is 9.84. The van der Waals surface area contributed by atoms with Crippen molar-refractivity contribution >= 4 is 17.2 Å². The van der Waals surface area contributed by atoms with Gasteiger partial charge in [-0.05, 0) is 84.0 Å². The number of methoxy groups -OCH3 is 1. The number of benzene rings is 2. The van der Waals surface area contributed by atoms with Crippen LogP contribution in [0.5, 0.6) is 5.75 Å². The maximum atomic E-state index is 9.18.